The van der Waals surface area contributed by atoms with E-state index in [1.54, 1.807) is 28.9 Å². The second-order valence-corrected chi connectivity index (χ2v) is 12.5. The topological polar surface area (TPSA) is 144 Å². The molecule has 0 spiro atoms. The van der Waals surface area contributed by atoms with E-state index in [0.717, 1.165) is 39.1 Å². The van der Waals surface area contributed by atoms with Crippen LogP contribution in [0.4, 0.5) is 4.79 Å². The first-order valence-electron chi connectivity index (χ1n) is 15.8. The summed E-state index contributed by atoms with van der Waals surface area (Å²) in [6.45, 7) is 4.95. The molecule has 1 saturated heterocycles. The molecule has 248 valence electrons. The lowest BCUT2D eigenvalue weighted by Gasteiger charge is -2.41. The van der Waals surface area contributed by atoms with Crippen molar-refractivity contribution in [1.29, 1.82) is 0 Å². The van der Waals surface area contributed by atoms with E-state index in [0.29, 0.717) is 24.0 Å². The van der Waals surface area contributed by atoms with Crippen LogP contribution in [0.15, 0.2) is 102 Å². The maximum absolute atomic E-state index is 11.9. The van der Waals surface area contributed by atoms with Crippen LogP contribution in [0.3, 0.4) is 0 Å². The molecule has 11 nitrogen and oxygen atoms in total. The number of rotatable bonds is 11. The van der Waals surface area contributed by atoms with Crippen LogP contribution in [-0.2, 0) is 22.6 Å². The van der Waals surface area contributed by atoms with Crippen molar-refractivity contribution in [3.05, 3.63) is 119 Å². The van der Waals surface area contributed by atoms with Gasteiger partial charge in [0.1, 0.15) is 5.75 Å². The maximum Gasteiger partial charge on any atom is 0.315 e. The molecule has 1 aliphatic heterocycles. The van der Waals surface area contributed by atoms with E-state index in [4.69, 9.17) is 9.47 Å². The van der Waals surface area contributed by atoms with Gasteiger partial charge in [0.25, 0.3) is 0 Å². The molecule has 4 aromatic carbocycles. The number of benzene rings is 4. The molecule has 2 heterocycles. The van der Waals surface area contributed by atoms with Gasteiger partial charge in [0.05, 0.1) is 24.5 Å². The van der Waals surface area contributed by atoms with Gasteiger partial charge in [0.15, 0.2) is 6.29 Å². The van der Waals surface area contributed by atoms with Gasteiger partial charge in [-0.2, -0.15) is 4.68 Å². The van der Waals surface area contributed by atoms with Gasteiger partial charge in [0, 0.05) is 30.3 Å². The second kappa shape index (κ2) is 15.4. The van der Waals surface area contributed by atoms with Gasteiger partial charge in [-0.3, -0.25) is 0 Å². The molecular weight excluding hydrogens is 629 g/mol. The molecule has 1 fully saturated rings. The highest BCUT2D eigenvalue weighted by atomic mass is 32.2. The van der Waals surface area contributed by atoms with Crippen molar-refractivity contribution in [3.8, 4) is 22.6 Å². The summed E-state index contributed by atoms with van der Waals surface area (Å²) in [5, 5.41) is 37.9. The number of aliphatic hydroxyl groups excluding tert-OH is 1. The normalized spacial score (nSPS) is 19.1. The van der Waals surface area contributed by atoms with Gasteiger partial charge in [-0.25, -0.2) is 4.79 Å². The van der Waals surface area contributed by atoms with Crippen LogP contribution in [-0.4, -0.2) is 54.9 Å². The van der Waals surface area contributed by atoms with E-state index >= 15 is 0 Å². The van der Waals surface area contributed by atoms with Crippen molar-refractivity contribution < 1.29 is 24.5 Å². The summed E-state index contributed by atoms with van der Waals surface area (Å²) in [6.07, 6.45) is -1.15. The molecular formula is C36H38N6O5S. The highest BCUT2D eigenvalue weighted by Gasteiger charge is 2.38. The Kier molecular flexibility index (Phi) is 10.7. The number of aliphatic hydroxyl groups is 1. The fourth-order valence-corrected chi connectivity index (χ4v) is 6.68. The zero-order valence-corrected chi connectivity index (χ0v) is 27.5. The van der Waals surface area contributed by atoms with Crippen molar-refractivity contribution in [3.63, 3.8) is 0 Å². The minimum atomic E-state index is -0.648. The van der Waals surface area contributed by atoms with Crippen molar-refractivity contribution in [1.82, 2.24) is 30.8 Å². The Balaban J connectivity index is 1.25. The Labute approximate surface area is 283 Å². The number of aromatic nitrogens is 4. The lowest BCUT2D eigenvalue weighted by atomic mass is 9.91. The number of thioether (sulfide) groups is 1. The van der Waals surface area contributed by atoms with Crippen LogP contribution in [0.2, 0.25) is 0 Å². The van der Waals surface area contributed by atoms with Crippen molar-refractivity contribution in [2.24, 2.45) is 5.92 Å². The molecule has 2 amide bonds. The molecule has 4 unspecified atom stereocenters. The smallest absolute Gasteiger partial charge is 0.315 e. The molecule has 1 aliphatic rings. The van der Waals surface area contributed by atoms with Gasteiger partial charge in [-0.15, -0.1) is 5.10 Å². The molecule has 5 aromatic rings. The number of urea groups is 1. The van der Waals surface area contributed by atoms with E-state index in [1.807, 2.05) is 67.6 Å². The van der Waals surface area contributed by atoms with Crippen molar-refractivity contribution >= 4 is 17.8 Å². The summed E-state index contributed by atoms with van der Waals surface area (Å²) in [5.41, 5.74) is 6.45. The van der Waals surface area contributed by atoms with E-state index in [9.17, 15) is 15.0 Å². The fourth-order valence-electron chi connectivity index (χ4n) is 5.62. The number of nitrogens with one attached hydrogen (secondary N) is 2. The Morgan fingerprint density at radius 1 is 0.896 bits per heavy atom. The molecule has 4 N–H and O–H groups in total. The number of carbonyl (C=O) groups is 1. The SMILES string of the molecule is CCNC(=O)NCc1cccc(-c2cccc(C3OC(CSc4nnnn4-c4ccc(O)cc4)C(C)C(c4ccc(CO)cc4)O3)c2)c1. The minimum Gasteiger partial charge on any atom is -0.508 e. The maximum atomic E-state index is 11.9. The summed E-state index contributed by atoms with van der Waals surface area (Å²) in [6, 6.07) is 30.6. The molecule has 0 saturated carbocycles. The minimum absolute atomic E-state index is 0.0241. The standard InChI is InChI=1S/C36H38N6O5S/c1-3-37-35(45)38-20-25-6-4-7-27(18-25)28-8-5-9-29(19-28)34-46-32(23(2)33(47-34)26-12-10-24(21-43)11-13-26)22-48-36-39-40-41-42(36)30-14-16-31(44)17-15-30/h4-19,23,32-34,43-44H,3,20-22H2,1-2H3,(H2,37,38,45). The third kappa shape index (κ3) is 7.85. The lowest BCUT2D eigenvalue weighted by Crippen LogP contribution is -2.38. The Bertz CT molecular complexity index is 1820. The Hall–Kier alpha value is -4.75. The summed E-state index contributed by atoms with van der Waals surface area (Å²) in [7, 11) is 0. The van der Waals surface area contributed by atoms with Crippen LogP contribution in [0.1, 0.15) is 48.5 Å². The predicted octanol–water partition coefficient (Wildman–Crippen LogP) is 5.93. The number of tetrazole rings is 1. The summed E-state index contributed by atoms with van der Waals surface area (Å²) >= 11 is 1.49. The number of hydrogen-bond acceptors (Lipinski definition) is 9. The van der Waals surface area contributed by atoms with Crippen LogP contribution in [0.5, 0.6) is 5.75 Å². The van der Waals surface area contributed by atoms with E-state index in [2.05, 4.69) is 45.2 Å². The van der Waals surface area contributed by atoms with Crippen molar-refractivity contribution in [2.75, 3.05) is 12.3 Å². The van der Waals surface area contributed by atoms with Gasteiger partial charge in [0.2, 0.25) is 5.16 Å². The molecule has 12 heteroatoms. The van der Waals surface area contributed by atoms with Crippen LogP contribution in [0.25, 0.3) is 16.8 Å². The third-order valence-electron chi connectivity index (χ3n) is 8.24. The van der Waals surface area contributed by atoms with Gasteiger partial charge in [-0.1, -0.05) is 79.3 Å². The molecule has 0 bridgehead atoms. The number of amides is 2. The van der Waals surface area contributed by atoms with E-state index < -0.39 is 6.29 Å². The first kappa shape index (κ1) is 33.2. The highest BCUT2D eigenvalue weighted by Crippen LogP contribution is 2.43. The Morgan fingerprint density at radius 2 is 1.65 bits per heavy atom. The third-order valence-corrected chi connectivity index (χ3v) is 9.25. The Morgan fingerprint density at radius 3 is 2.40 bits per heavy atom. The molecule has 0 aliphatic carbocycles. The largest absolute Gasteiger partial charge is 0.508 e. The average molecular weight is 667 g/mol. The van der Waals surface area contributed by atoms with Gasteiger partial charge in [-0.05, 0) is 81.6 Å². The number of carbonyl (C=O) groups excluding carboxylic acids is 1. The zero-order valence-electron chi connectivity index (χ0n) is 26.7. The van der Waals surface area contributed by atoms with Crippen LogP contribution >= 0.6 is 11.8 Å². The van der Waals surface area contributed by atoms with Crippen LogP contribution in [0, 0.1) is 5.92 Å². The molecule has 48 heavy (non-hydrogen) atoms. The monoisotopic (exact) mass is 666 g/mol. The number of ether oxygens (including phenoxy) is 2. The first-order chi connectivity index (χ1) is 23.4. The number of aromatic hydroxyl groups is 1. The number of nitrogens with zero attached hydrogens (tertiary/aromatic N) is 4. The van der Waals surface area contributed by atoms with Gasteiger partial charge < -0.3 is 30.3 Å². The predicted molar refractivity (Wildman–Crippen MR) is 182 cm³/mol. The van der Waals surface area contributed by atoms with Crippen molar-refractivity contribution in [2.45, 2.75) is 50.7 Å². The first-order valence-corrected chi connectivity index (χ1v) is 16.8. The summed E-state index contributed by atoms with van der Waals surface area (Å²) in [4.78, 5) is 11.9. The molecule has 0 radical (unpaired) electrons. The van der Waals surface area contributed by atoms with Gasteiger partial charge >= 0.3 is 6.03 Å². The zero-order chi connectivity index (χ0) is 33.5. The fraction of sp³-hybridized carbons (Fsp3) is 0.278. The highest BCUT2D eigenvalue weighted by molar-refractivity contribution is 7.99. The average Bonchev–Trinajstić information content (AvgIpc) is 3.60. The molecule has 4 atom stereocenters. The second-order valence-electron chi connectivity index (χ2n) is 11.6. The number of phenolic OH excluding ortho intramolecular Hbond substituents is 1. The molecule has 1 aromatic heterocycles. The summed E-state index contributed by atoms with van der Waals surface area (Å²) < 4.78 is 15.0. The van der Waals surface area contributed by atoms with Crippen LogP contribution < -0.4 is 10.6 Å². The quantitative estimate of drug-likeness (QED) is 0.126. The molecule has 6 rings (SSSR count). The lowest BCUT2D eigenvalue weighted by molar-refractivity contribution is -0.268. The number of phenols is 1. The summed E-state index contributed by atoms with van der Waals surface area (Å²) in [5.74, 6) is 0.703. The van der Waals surface area contributed by atoms with E-state index in [-0.39, 0.29) is 36.5 Å². The van der Waals surface area contributed by atoms with E-state index in [1.165, 1.54) is 11.8 Å². The number of hydrogen-bond donors (Lipinski definition) is 4.